The van der Waals surface area contributed by atoms with Gasteiger partial charge in [-0.05, 0) is 24.6 Å². The molecule has 2 rings (SSSR count). The molecule has 0 radical (unpaired) electrons. The monoisotopic (exact) mass is 308 g/mol. The number of hydrogen-bond acceptors (Lipinski definition) is 6. The van der Waals surface area contributed by atoms with Gasteiger partial charge in [-0.1, -0.05) is 23.9 Å². The molecule has 0 atom stereocenters. The van der Waals surface area contributed by atoms with Gasteiger partial charge in [-0.2, -0.15) is 0 Å². The number of carboxylic acids is 1. The van der Waals surface area contributed by atoms with Crippen molar-refractivity contribution in [1.29, 1.82) is 0 Å². The van der Waals surface area contributed by atoms with Gasteiger partial charge in [0, 0.05) is 6.42 Å². The zero-order valence-corrected chi connectivity index (χ0v) is 12.3. The number of thioether (sulfide) groups is 1. The molecular formula is C13H16N4O3S. The number of carboxylic acid groups (broad SMARTS) is 1. The van der Waals surface area contributed by atoms with E-state index in [4.69, 9.17) is 15.7 Å². The summed E-state index contributed by atoms with van der Waals surface area (Å²) < 4.78 is 6.91. The molecule has 3 N–H and O–H groups in total. The summed E-state index contributed by atoms with van der Waals surface area (Å²) in [4.78, 5) is 10.5. The highest BCUT2D eigenvalue weighted by atomic mass is 32.2. The second-order valence-corrected chi connectivity index (χ2v) is 5.31. The number of carbonyl (C=O) groups is 1. The van der Waals surface area contributed by atoms with Gasteiger partial charge in [0.2, 0.25) is 5.16 Å². The molecule has 0 saturated carbocycles. The Labute approximate surface area is 126 Å². The van der Waals surface area contributed by atoms with Crippen molar-refractivity contribution >= 4 is 17.7 Å². The molecular weight excluding hydrogens is 292 g/mol. The lowest BCUT2D eigenvalue weighted by atomic mass is 10.2. The molecule has 21 heavy (non-hydrogen) atoms. The van der Waals surface area contributed by atoms with Gasteiger partial charge < -0.3 is 15.7 Å². The van der Waals surface area contributed by atoms with Gasteiger partial charge in [-0.25, -0.2) is 4.68 Å². The number of rotatable bonds is 7. The fourth-order valence-electron chi connectivity index (χ4n) is 1.67. The van der Waals surface area contributed by atoms with E-state index in [-0.39, 0.29) is 5.75 Å². The van der Waals surface area contributed by atoms with Crippen molar-refractivity contribution in [2.24, 2.45) is 0 Å². The molecule has 112 valence electrons. The van der Waals surface area contributed by atoms with Crippen molar-refractivity contribution in [2.75, 3.05) is 18.2 Å². The van der Waals surface area contributed by atoms with Crippen molar-refractivity contribution in [3.05, 3.63) is 35.7 Å². The van der Waals surface area contributed by atoms with Crippen LogP contribution in [-0.4, -0.2) is 38.3 Å². The number of benzene rings is 1. The molecule has 0 fully saturated rings. The topological polar surface area (TPSA) is 103 Å². The third-order valence-electron chi connectivity index (χ3n) is 2.64. The minimum atomic E-state index is -0.924. The molecule has 1 aromatic carbocycles. The Kier molecular flexibility index (Phi) is 5.04. The summed E-state index contributed by atoms with van der Waals surface area (Å²) in [6.45, 7) is 2.41. The summed E-state index contributed by atoms with van der Waals surface area (Å²) in [5, 5.41) is 16.8. The Morgan fingerprint density at radius 3 is 3.00 bits per heavy atom. The smallest absolute Gasteiger partial charge is 0.313 e. The molecule has 7 nitrogen and oxygen atoms in total. The number of nitrogen functional groups attached to an aromatic ring is 1. The molecule has 2 aromatic rings. The average molecular weight is 308 g/mol. The fourth-order valence-corrected chi connectivity index (χ4v) is 2.26. The highest BCUT2D eigenvalue weighted by Gasteiger charge is 2.11. The maximum Gasteiger partial charge on any atom is 0.313 e. The molecule has 0 aliphatic rings. The first-order chi connectivity index (χ1) is 10.1. The van der Waals surface area contributed by atoms with E-state index in [9.17, 15) is 4.79 Å². The first-order valence-electron chi connectivity index (χ1n) is 6.29. The fraction of sp³-hybridized carbons (Fsp3) is 0.308. The average Bonchev–Trinajstić information content (AvgIpc) is 2.78. The molecule has 1 heterocycles. The lowest BCUT2D eigenvalue weighted by Crippen LogP contribution is -2.16. The van der Waals surface area contributed by atoms with Crippen molar-refractivity contribution < 1.29 is 14.6 Å². The van der Waals surface area contributed by atoms with Crippen LogP contribution in [0.1, 0.15) is 11.4 Å². The van der Waals surface area contributed by atoms with E-state index < -0.39 is 5.97 Å². The van der Waals surface area contributed by atoms with Crippen molar-refractivity contribution in [3.8, 4) is 5.75 Å². The van der Waals surface area contributed by atoms with Crippen LogP contribution < -0.4 is 10.6 Å². The van der Waals surface area contributed by atoms with Crippen LogP contribution in [0.25, 0.3) is 0 Å². The van der Waals surface area contributed by atoms with Gasteiger partial charge in [0.15, 0.2) is 5.82 Å². The quantitative estimate of drug-likeness (QED) is 0.583. The zero-order valence-electron chi connectivity index (χ0n) is 11.5. The SMILES string of the molecule is Cc1cccc(OCCc2nnc(SCC(=O)O)n2N)c1. The number of aromatic nitrogens is 3. The normalized spacial score (nSPS) is 10.5. The molecule has 0 unspecified atom stereocenters. The molecule has 8 heteroatoms. The predicted octanol–water partition coefficient (Wildman–Crippen LogP) is 1.10. The number of nitrogens with zero attached hydrogens (tertiary/aromatic N) is 3. The molecule has 0 saturated heterocycles. The lowest BCUT2D eigenvalue weighted by molar-refractivity contribution is -0.133. The molecule has 0 aliphatic heterocycles. The van der Waals surface area contributed by atoms with Crippen molar-refractivity contribution in [3.63, 3.8) is 0 Å². The van der Waals surface area contributed by atoms with Crippen molar-refractivity contribution in [1.82, 2.24) is 14.9 Å². The Hall–Kier alpha value is -2.22. The second kappa shape index (κ2) is 6.98. The summed E-state index contributed by atoms with van der Waals surface area (Å²) in [7, 11) is 0. The molecule has 1 aromatic heterocycles. The van der Waals surface area contributed by atoms with E-state index in [1.54, 1.807) is 0 Å². The molecule has 0 amide bonds. The van der Waals surface area contributed by atoms with Crippen LogP contribution in [0.5, 0.6) is 5.75 Å². The summed E-state index contributed by atoms with van der Waals surface area (Å²) in [6, 6.07) is 7.75. The Morgan fingerprint density at radius 1 is 1.48 bits per heavy atom. The van der Waals surface area contributed by atoms with Crippen LogP contribution in [0.4, 0.5) is 0 Å². The molecule has 0 spiro atoms. The summed E-state index contributed by atoms with van der Waals surface area (Å²) in [6.07, 6.45) is 0.491. The third-order valence-corrected chi connectivity index (χ3v) is 3.57. The van der Waals surface area contributed by atoms with E-state index in [2.05, 4.69) is 10.2 Å². The number of aryl methyl sites for hydroxylation is 1. The zero-order chi connectivity index (χ0) is 15.2. The number of ether oxygens (including phenoxy) is 1. The minimum Gasteiger partial charge on any atom is -0.493 e. The van der Waals surface area contributed by atoms with Crippen LogP contribution in [0.2, 0.25) is 0 Å². The van der Waals surface area contributed by atoms with E-state index >= 15 is 0 Å². The van der Waals surface area contributed by atoms with E-state index in [1.165, 1.54) is 4.68 Å². The maximum absolute atomic E-state index is 10.5. The third kappa shape index (κ3) is 4.38. The minimum absolute atomic E-state index is 0.102. The standard InChI is InChI=1S/C13H16N4O3S/c1-9-3-2-4-10(7-9)20-6-5-11-15-16-13(17(11)14)21-8-12(18)19/h2-4,7H,5-6,8,14H2,1H3,(H,18,19). The maximum atomic E-state index is 10.5. The number of hydrogen-bond donors (Lipinski definition) is 2. The Morgan fingerprint density at radius 2 is 2.29 bits per heavy atom. The van der Waals surface area contributed by atoms with Gasteiger partial charge >= 0.3 is 5.97 Å². The van der Waals surface area contributed by atoms with Gasteiger partial charge in [0.05, 0.1) is 12.4 Å². The first-order valence-corrected chi connectivity index (χ1v) is 7.28. The lowest BCUT2D eigenvalue weighted by Gasteiger charge is -2.06. The summed E-state index contributed by atoms with van der Waals surface area (Å²) in [5.74, 6) is 6.13. The Balaban J connectivity index is 1.87. The van der Waals surface area contributed by atoms with E-state index in [1.807, 2.05) is 31.2 Å². The van der Waals surface area contributed by atoms with Gasteiger partial charge in [0.25, 0.3) is 0 Å². The highest BCUT2D eigenvalue weighted by Crippen LogP contribution is 2.15. The van der Waals surface area contributed by atoms with Crippen LogP contribution >= 0.6 is 11.8 Å². The Bertz CT molecular complexity index is 630. The van der Waals surface area contributed by atoms with Crippen molar-refractivity contribution in [2.45, 2.75) is 18.5 Å². The largest absolute Gasteiger partial charge is 0.493 e. The van der Waals surface area contributed by atoms with Crippen LogP contribution in [0.3, 0.4) is 0 Å². The molecule has 0 bridgehead atoms. The summed E-state index contributed by atoms with van der Waals surface area (Å²) in [5.41, 5.74) is 1.13. The van der Waals surface area contributed by atoms with Crippen LogP contribution in [0.15, 0.2) is 29.4 Å². The van der Waals surface area contributed by atoms with Gasteiger partial charge in [-0.15, -0.1) is 10.2 Å². The number of aliphatic carboxylic acids is 1. The van der Waals surface area contributed by atoms with Gasteiger partial charge in [0.1, 0.15) is 5.75 Å². The summed E-state index contributed by atoms with van der Waals surface area (Å²) >= 11 is 1.03. The molecule has 0 aliphatic carbocycles. The van der Waals surface area contributed by atoms with Crippen LogP contribution in [-0.2, 0) is 11.2 Å². The van der Waals surface area contributed by atoms with E-state index in [0.29, 0.717) is 24.0 Å². The van der Waals surface area contributed by atoms with Crippen LogP contribution in [0, 0.1) is 6.92 Å². The first kappa shape index (κ1) is 15.2. The van der Waals surface area contributed by atoms with E-state index in [0.717, 1.165) is 23.1 Å². The second-order valence-electron chi connectivity index (χ2n) is 4.37. The predicted molar refractivity (Wildman–Crippen MR) is 78.9 cm³/mol. The highest BCUT2D eigenvalue weighted by molar-refractivity contribution is 7.99. The van der Waals surface area contributed by atoms with Gasteiger partial charge in [-0.3, -0.25) is 4.79 Å². The number of nitrogens with two attached hydrogens (primary N) is 1.